The summed E-state index contributed by atoms with van der Waals surface area (Å²) in [6.07, 6.45) is 5.26. The van der Waals surface area contributed by atoms with E-state index in [9.17, 15) is 4.79 Å². The molecule has 1 aromatic rings. The fraction of sp³-hybridized carbons (Fsp3) is 0.562. The lowest BCUT2D eigenvalue weighted by Gasteiger charge is -2.27. The molecule has 0 heterocycles. The Hall–Kier alpha value is -1.35. The fourth-order valence-corrected chi connectivity index (χ4v) is 2.76. The van der Waals surface area contributed by atoms with E-state index in [1.807, 2.05) is 24.3 Å². The van der Waals surface area contributed by atoms with Gasteiger partial charge in [0.25, 0.3) is 0 Å². The summed E-state index contributed by atoms with van der Waals surface area (Å²) >= 11 is 0. The first-order valence-corrected chi connectivity index (χ1v) is 7.09. The van der Waals surface area contributed by atoms with Gasteiger partial charge in [-0.1, -0.05) is 31.9 Å². The zero-order chi connectivity index (χ0) is 13.7. The van der Waals surface area contributed by atoms with Gasteiger partial charge in [0.05, 0.1) is 12.7 Å². The van der Waals surface area contributed by atoms with E-state index in [4.69, 9.17) is 0 Å². The summed E-state index contributed by atoms with van der Waals surface area (Å²) in [6.45, 7) is 3.21. The van der Waals surface area contributed by atoms with Gasteiger partial charge in [0, 0.05) is 12.6 Å². The van der Waals surface area contributed by atoms with Crippen LogP contribution in [0.25, 0.3) is 0 Å². The van der Waals surface area contributed by atoms with E-state index in [2.05, 4.69) is 17.0 Å². The lowest BCUT2D eigenvalue weighted by molar-refractivity contribution is 0.0600. The highest BCUT2D eigenvalue weighted by Gasteiger charge is 2.17. The van der Waals surface area contributed by atoms with Gasteiger partial charge in [-0.3, -0.25) is 0 Å². The average molecular weight is 261 g/mol. The van der Waals surface area contributed by atoms with E-state index in [-0.39, 0.29) is 5.97 Å². The maximum atomic E-state index is 11.3. The fourth-order valence-electron chi connectivity index (χ4n) is 2.76. The molecule has 2 atom stereocenters. The zero-order valence-corrected chi connectivity index (χ0v) is 11.8. The van der Waals surface area contributed by atoms with E-state index >= 15 is 0 Å². The quantitative estimate of drug-likeness (QED) is 0.846. The molecule has 1 aromatic carbocycles. The standard InChI is InChI=1S/C16H23NO2/c1-12-4-3-5-15(10-12)17-11-13-6-8-14(9-7-13)16(18)19-2/h6-9,12,15,17H,3-5,10-11H2,1-2H3. The van der Waals surface area contributed by atoms with Crippen molar-refractivity contribution in [1.82, 2.24) is 5.32 Å². The van der Waals surface area contributed by atoms with Gasteiger partial charge < -0.3 is 10.1 Å². The summed E-state index contributed by atoms with van der Waals surface area (Å²) in [4.78, 5) is 11.3. The van der Waals surface area contributed by atoms with Crippen LogP contribution >= 0.6 is 0 Å². The number of esters is 1. The minimum absolute atomic E-state index is 0.277. The van der Waals surface area contributed by atoms with Gasteiger partial charge in [0.1, 0.15) is 0 Å². The Morgan fingerprint density at radius 3 is 2.68 bits per heavy atom. The van der Waals surface area contributed by atoms with Gasteiger partial charge in [-0.05, 0) is 36.5 Å². The summed E-state index contributed by atoms with van der Waals surface area (Å²) in [5.74, 6) is 0.563. The van der Waals surface area contributed by atoms with Crippen LogP contribution in [0.15, 0.2) is 24.3 Å². The van der Waals surface area contributed by atoms with Crippen molar-refractivity contribution in [2.24, 2.45) is 5.92 Å². The predicted octanol–water partition coefficient (Wildman–Crippen LogP) is 3.14. The number of rotatable bonds is 4. The van der Waals surface area contributed by atoms with Crippen LogP contribution in [-0.2, 0) is 11.3 Å². The van der Waals surface area contributed by atoms with Gasteiger partial charge in [-0.15, -0.1) is 0 Å². The molecule has 1 aliphatic rings. The monoisotopic (exact) mass is 261 g/mol. The molecular formula is C16H23NO2. The van der Waals surface area contributed by atoms with Crippen molar-refractivity contribution in [2.45, 2.75) is 45.2 Å². The number of carbonyl (C=O) groups excluding carboxylic acids is 1. The molecule has 0 radical (unpaired) electrons. The lowest BCUT2D eigenvalue weighted by Crippen LogP contribution is -2.33. The van der Waals surface area contributed by atoms with Crippen LogP contribution in [0.1, 0.15) is 48.5 Å². The van der Waals surface area contributed by atoms with E-state index in [1.54, 1.807) is 0 Å². The highest BCUT2D eigenvalue weighted by Crippen LogP contribution is 2.23. The summed E-state index contributed by atoms with van der Waals surface area (Å²) in [5, 5.41) is 3.61. The molecule has 1 fully saturated rings. The van der Waals surface area contributed by atoms with Crippen molar-refractivity contribution < 1.29 is 9.53 Å². The zero-order valence-electron chi connectivity index (χ0n) is 11.8. The number of methoxy groups -OCH3 is 1. The molecule has 2 unspecified atom stereocenters. The van der Waals surface area contributed by atoms with Gasteiger partial charge in [-0.25, -0.2) is 4.79 Å². The molecule has 2 rings (SSSR count). The SMILES string of the molecule is COC(=O)c1ccc(CNC2CCCC(C)C2)cc1. The molecule has 0 aliphatic heterocycles. The molecule has 1 saturated carbocycles. The minimum Gasteiger partial charge on any atom is -0.465 e. The van der Waals surface area contributed by atoms with Crippen molar-refractivity contribution in [1.29, 1.82) is 0 Å². The van der Waals surface area contributed by atoms with Crippen molar-refractivity contribution in [3.05, 3.63) is 35.4 Å². The highest BCUT2D eigenvalue weighted by atomic mass is 16.5. The Morgan fingerprint density at radius 1 is 1.32 bits per heavy atom. The van der Waals surface area contributed by atoms with E-state index in [1.165, 1.54) is 38.4 Å². The molecule has 0 aromatic heterocycles. The van der Waals surface area contributed by atoms with Crippen LogP contribution in [0.2, 0.25) is 0 Å². The smallest absolute Gasteiger partial charge is 0.337 e. The van der Waals surface area contributed by atoms with Crippen LogP contribution in [0, 0.1) is 5.92 Å². The Bertz CT molecular complexity index is 413. The number of ether oxygens (including phenoxy) is 1. The normalized spacial score (nSPS) is 23.1. The Balaban J connectivity index is 1.84. The molecule has 3 heteroatoms. The van der Waals surface area contributed by atoms with Gasteiger partial charge in [0.15, 0.2) is 0 Å². The molecule has 19 heavy (non-hydrogen) atoms. The maximum absolute atomic E-state index is 11.3. The molecular weight excluding hydrogens is 238 g/mol. The highest BCUT2D eigenvalue weighted by molar-refractivity contribution is 5.89. The molecule has 0 spiro atoms. The molecule has 3 nitrogen and oxygen atoms in total. The van der Waals surface area contributed by atoms with Crippen LogP contribution in [-0.4, -0.2) is 19.1 Å². The first-order chi connectivity index (χ1) is 9.19. The second kappa shape index (κ2) is 6.71. The topological polar surface area (TPSA) is 38.3 Å². The summed E-state index contributed by atoms with van der Waals surface area (Å²) in [7, 11) is 1.40. The predicted molar refractivity (Wildman–Crippen MR) is 76.0 cm³/mol. The van der Waals surface area contributed by atoms with Crippen LogP contribution in [0.5, 0.6) is 0 Å². The average Bonchev–Trinajstić information content (AvgIpc) is 2.45. The van der Waals surface area contributed by atoms with Crippen molar-refractivity contribution >= 4 is 5.97 Å². The molecule has 0 bridgehead atoms. The number of carbonyl (C=O) groups is 1. The Kier molecular flexibility index (Phi) is 4.97. The Labute approximate surface area is 115 Å². The minimum atomic E-state index is -0.277. The second-order valence-corrected chi connectivity index (χ2v) is 5.54. The first-order valence-electron chi connectivity index (χ1n) is 7.09. The van der Waals surface area contributed by atoms with Crippen molar-refractivity contribution in [3.8, 4) is 0 Å². The second-order valence-electron chi connectivity index (χ2n) is 5.54. The van der Waals surface area contributed by atoms with Crippen molar-refractivity contribution in [3.63, 3.8) is 0 Å². The van der Waals surface area contributed by atoms with E-state index in [0.717, 1.165) is 12.5 Å². The molecule has 0 amide bonds. The van der Waals surface area contributed by atoms with E-state index < -0.39 is 0 Å². The van der Waals surface area contributed by atoms with Gasteiger partial charge in [0.2, 0.25) is 0 Å². The van der Waals surface area contributed by atoms with Gasteiger partial charge in [-0.2, -0.15) is 0 Å². The largest absolute Gasteiger partial charge is 0.465 e. The first kappa shape index (κ1) is 14.1. The number of hydrogen-bond donors (Lipinski definition) is 1. The maximum Gasteiger partial charge on any atom is 0.337 e. The summed E-state index contributed by atoms with van der Waals surface area (Å²) in [5.41, 5.74) is 1.82. The molecule has 1 aliphatic carbocycles. The number of hydrogen-bond acceptors (Lipinski definition) is 3. The molecule has 1 N–H and O–H groups in total. The van der Waals surface area contributed by atoms with Crippen LogP contribution in [0.4, 0.5) is 0 Å². The number of benzene rings is 1. The molecule has 104 valence electrons. The van der Waals surface area contributed by atoms with Crippen LogP contribution in [0.3, 0.4) is 0 Å². The number of nitrogens with one attached hydrogen (secondary N) is 1. The Morgan fingerprint density at radius 2 is 2.05 bits per heavy atom. The third-order valence-corrected chi connectivity index (χ3v) is 3.91. The van der Waals surface area contributed by atoms with Gasteiger partial charge >= 0.3 is 5.97 Å². The summed E-state index contributed by atoms with van der Waals surface area (Å²) < 4.78 is 4.69. The summed E-state index contributed by atoms with van der Waals surface area (Å²) in [6, 6.07) is 8.28. The third kappa shape index (κ3) is 4.06. The van der Waals surface area contributed by atoms with Crippen molar-refractivity contribution in [2.75, 3.05) is 7.11 Å². The lowest BCUT2D eigenvalue weighted by atomic mass is 9.87. The molecule has 0 saturated heterocycles. The third-order valence-electron chi connectivity index (χ3n) is 3.91. The van der Waals surface area contributed by atoms with E-state index in [0.29, 0.717) is 11.6 Å². The van der Waals surface area contributed by atoms with Crippen LogP contribution < -0.4 is 5.32 Å².